The summed E-state index contributed by atoms with van der Waals surface area (Å²) < 4.78 is 5.05. The lowest BCUT2D eigenvalue weighted by Gasteiger charge is -2.20. The molecular formula is C18H16ClNO4. The van der Waals surface area contributed by atoms with Gasteiger partial charge in [-0.3, -0.25) is 9.59 Å². The number of aliphatic hydroxyl groups is 1. The second kappa shape index (κ2) is 5.92. The van der Waals surface area contributed by atoms with Gasteiger partial charge in [-0.15, -0.1) is 0 Å². The zero-order chi connectivity index (χ0) is 17.5. The van der Waals surface area contributed by atoms with Crippen molar-refractivity contribution in [3.05, 3.63) is 58.1 Å². The summed E-state index contributed by atoms with van der Waals surface area (Å²) in [5.41, 5.74) is 0.00195. The number of Topliss-reactive ketones (excluding diaryl/α,β-unsaturated/α-hetero) is 1. The first-order chi connectivity index (χ1) is 11.4. The second-order valence-corrected chi connectivity index (χ2v) is 6.14. The Balaban J connectivity index is 1.93. The maximum absolute atomic E-state index is 12.5. The number of ketones is 1. The molecule has 0 saturated carbocycles. The van der Waals surface area contributed by atoms with E-state index >= 15 is 0 Å². The van der Waals surface area contributed by atoms with E-state index in [1.165, 1.54) is 7.11 Å². The van der Waals surface area contributed by atoms with E-state index in [1.54, 1.807) is 43.3 Å². The summed E-state index contributed by atoms with van der Waals surface area (Å²) in [7, 11) is 1.53. The Labute approximate surface area is 144 Å². The summed E-state index contributed by atoms with van der Waals surface area (Å²) in [5, 5.41) is 14.0. The summed E-state index contributed by atoms with van der Waals surface area (Å²) in [4.78, 5) is 24.8. The number of halogens is 1. The summed E-state index contributed by atoms with van der Waals surface area (Å²) in [6, 6.07) is 9.70. The van der Waals surface area contributed by atoms with Crippen LogP contribution in [0.3, 0.4) is 0 Å². The van der Waals surface area contributed by atoms with Gasteiger partial charge in [-0.25, -0.2) is 0 Å². The van der Waals surface area contributed by atoms with Crippen molar-refractivity contribution in [1.29, 1.82) is 0 Å². The molecule has 6 heteroatoms. The zero-order valence-corrected chi connectivity index (χ0v) is 14.0. The van der Waals surface area contributed by atoms with Gasteiger partial charge in [0.1, 0.15) is 5.75 Å². The summed E-state index contributed by atoms with van der Waals surface area (Å²) >= 11 is 6.05. The average Bonchev–Trinajstić information content (AvgIpc) is 2.83. The molecular weight excluding hydrogens is 330 g/mol. The number of nitrogens with one attached hydrogen (secondary N) is 1. The highest BCUT2D eigenvalue weighted by Gasteiger charge is 2.47. The molecule has 2 aromatic rings. The number of amides is 1. The molecule has 1 aliphatic heterocycles. The Morgan fingerprint density at radius 3 is 2.54 bits per heavy atom. The third-order valence-corrected chi connectivity index (χ3v) is 4.70. The van der Waals surface area contributed by atoms with Crippen LogP contribution < -0.4 is 10.1 Å². The molecule has 0 fully saturated rings. The minimum Gasteiger partial charge on any atom is -0.497 e. The Bertz CT molecular complexity index is 832. The predicted molar refractivity (Wildman–Crippen MR) is 90.7 cm³/mol. The normalized spacial score (nSPS) is 18.9. The van der Waals surface area contributed by atoms with Crippen LogP contribution in [0.5, 0.6) is 5.75 Å². The molecule has 0 radical (unpaired) electrons. The minimum absolute atomic E-state index is 0.337. The number of ether oxygens (including phenoxy) is 1. The first-order valence-electron chi connectivity index (χ1n) is 7.37. The summed E-state index contributed by atoms with van der Waals surface area (Å²) in [6.07, 6.45) is -0.348. The van der Waals surface area contributed by atoms with Crippen LogP contribution in [0.25, 0.3) is 0 Å². The Kier molecular flexibility index (Phi) is 4.07. The Morgan fingerprint density at radius 2 is 1.92 bits per heavy atom. The number of carbonyl (C=O) groups is 2. The molecule has 1 aliphatic rings. The lowest BCUT2D eigenvalue weighted by molar-refractivity contribution is -0.133. The number of carbonyl (C=O) groups excluding carboxylic acids is 2. The van der Waals surface area contributed by atoms with Crippen molar-refractivity contribution in [3.63, 3.8) is 0 Å². The van der Waals surface area contributed by atoms with Crippen molar-refractivity contribution in [2.75, 3.05) is 12.4 Å². The van der Waals surface area contributed by atoms with Crippen molar-refractivity contribution in [1.82, 2.24) is 0 Å². The molecule has 124 valence electrons. The van der Waals surface area contributed by atoms with E-state index in [2.05, 4.69) is 5.32 Å². The quantitative estimate of drug-likeness (QED) is 0.835. The fourth-order valence-corrected chi connectivity index (χ4v) is 2.98. The van der Waals surface area contributed by atoms with Gasteiger partial charge in [0.05, 0.1) is 19.2 Å². The number of benzene rings is 2. The second-order valence-electron chi connectivity index (χ2n) is 5.74. The van der Waals surface area contributed by atoms with Crippen molar-refractivity contribution in [2.24, 2.45) is 0 Å². The zero-order valence-electron chi connectivity index (χ0n) is 13.2. The molecule has 3 rings (SSSR count). The molecule has 5 nitrogen and oxygen atoms in total. The fraction of sp³-hybridized carbons (Fsp3) is 0.222. The fourth-order valence-electron chi connectivity index (χ4n) is 2.82. The monoisotopic (exact) mass is 345 g/mol. The molecule has 1 amide bonds. The van der Waals surface area contributed by atoms with Gasteiger partial charge in [-0.05, 0) is 42.8 Å². The number of fused-ring (bicyclic) bond motifs is 1. The summed E-state index contributed by atoms with van der Waals surface area (Å²) in [6.45, 7) is 1.75. The maximum Gasteiger partial charge on any atom is 0.261 e. The van der Waals surface area contributed by atoms with Gasteiger partial charge in [0.2, 0.25) is 0 Å². The molecule has 0 aromatic heterocycles. The number of rotatable bonds is 4. The first kappa shape index (κ1) is 16.5. The highest BCUT2D eigenvalue weighted by atomic mass is 35.5. The number of hydrogen-bond acceptors (Lipinski definition) is 4. The van der Waals surface area contributed by atoms with Crippen LogP contribution in [-0.4, -0.2) is 23.9 Å². The van der Waals surface area contributed by atoms with E-state index in [9.17, 15) is 14.7 Å². The van der Waals surface area contributed by atoms with Gasteiger partial charge in [-0.2, -0.15) is 0 Å². The largest absolute Gasteiger partial charge is 0.497 e. The molecule has 1 heterocycles. The van der Waals surface area contributed by atoms with Gasteiger partial charge in [0.25, 0.3) is 5.91 Å². The van der Waals surface area contributed by atoms with Crippen LogP contribution in [0, 0.1) is 6.92 Å². The SMILES string of the molecule is COc1ccc(C(=O)C[C@]2(O)C(=O)Nc3c2ccc(Cl)c3C)cc1. The van der Waals surface area contributed by atoms with E-state index in [1.807, 2.05) is 0 Å². The highest BCUT2D eigenvalue weighted by molar-refractivity contribution is 6.32. The van der Waals surface area contributed by atoms with Crippen LogP contribution in [0.15, 0.2) is 36.4 Å². The predicted octanol–water partition coefficient (Wildman–Crippen LogP) is 3.07. The van der Waals surface area contributed by atoms with Gasteiger partial charge in [0, 0.05) is 16.1 Å². The highest BCUT2D eigenvalue weighted by Crippen LogP contribution is 2.42. The van der Waals surface area contributed by atoms with E-state index in [4.69, 9.17) is 16.3 Å². The summed E-state index contributed by atoms with van der Waals surface area (Å²) in [5.74, 6) is -0.333. The molecule has 0 spiro atoms. The third kappa shape index (κ3) is 2.56. The molecule has 0 unspecified atom stereocenters. The first-order valence-corrected chi connectivity index (χ1v) is 7.75. The van der Waals surface area contributed by atoms with E-state index in [-0.39, 0.29) is 12.2 Å². The Morgan fingerprint density at radius 1 is 1.25 bits per heavy atom. The van der Waals surface area contributed by atoms with Crippen LogP contribution in [0.4, 0.5) is 5.69 Å². The van der Waals surface area contributed by atoms with Gasteiger partial charge in [0.15, 0.2) is 11.4 Å². The molecule has 2 N–H and O–H groups in total. The Hall–Kier alpha value is -2.37. The standard InChI is InChI=1S/C18H16ClNO4/c1-10-14(19)8-7-13-16(10)20-17(22)18(13,23)9-15(21)11-3-5-12(24-2)6-4-11/h3-8,23H,9H2,1-2H3,(H,20,22)/t18-/m1/s1. The molecule has 0 saturated heterocycles. The van der Waals surface area contributed by atoms with E-state index < -0.39 is 11.5 Å². The number of hydrogen-bond donors (Lipinski definition) is 2. The smallest absolute Gasteiger partial charge is 0.261 e. The van der Waals surface area contributed by atoms with E-state index in [0.717, 1.165) is 0 Å². The van der Waals surface area contributed by atoms with Crippen molar-refractivity contribution in [3.8, 4) is 5.75 Å². The van der Waals surface area contributed by atoms with Crippen LogP contribution in [0.1, 0.15) is 27.9 Å². The van der Waals surface area contributed by atoms with Gasteiger partial charge < -0.3 is 15.2 Å². The maximum atomic E-state index is 12.5. The topological polar surface area (TPSA) is 75.6 Å². The minimum atomic E-state index is -1.90. The lowest BCUT2D eigenvalue weighted by Crippen LogP contribution is -2.36. The molecule has 0 aliphatic carbocycles. The number of anilines is 1. The van der Waals surface area contributed by atoms with Crippen molar-refractivity contribution in [2.45, 2.75) is 18.9 Å². The molecule has 2 aromatic carbocycles. The molecule has 1 atom stereocenters. The van der Waals surface area contributed by atoms with Crippen molar-refractivity contribution >= 4 is 29.0 Å². The van der Waals surface area contributed by atoms with Gasteiger partial charge >= 0.3 is 0 Å². The van der Waals surface area contributed by atoms with Crippen LogP contribution in [-0.2, 0) is 10.4 Å². The lowest BCUT2D eigenvalue weighted by atomic mass is 9.87. The molecule has 24 heavy (non-hydrogen) atoms. The average molecular weight is 346 g/mol. The van der Waals surface area contributed by atoms with Crippen molar-refractivity contribution < 1.29 is 19.4 Å². The van der Waals surface area contributed by atoms with Crippen LogP contribution in [0.2, 0.25) is 5.02 Å². The van der Waals surface area contributed by atoms with Gasteiger partial charge in [-0.1, -0.05) is 17.7 Å². The molecule has 0 bridgehead atoms. The third-order valence-electron chi connectivity index (χ3n) is 4.29. The van der Waals surface area contributed by atoms with E-state index in [0.29, 0.717) is 33.1 Å². The number of methoxy groups -OCH3 is 1. The van der Waals surface area contributed by atoms with Crippen LogP contribution >= 0.6 is 11.6 Å².